The fourth-order valence-electron chi connectivity index (χ4n) is 0. The third kappa shape index (κ3) is 67.8. The van der Waals surface area contributed by atoms with Gasteiger partial charge in [-0.1, -0.05) is 0 Å². The molecule has 0 fully saturated rings. The summed E-state index contributed by atoms with van der Waals surface area (Å²) in [6.45, 7) is 0. The SMILES string of the molecule is OB(O)O.[LiH].[LiH]. The minimum atomic E-state index is -2.17. The maximum absolute atomic E-state index is 7.17. The van der Waals surface area contributed by atoms with E-state index >= 15 is 0 Å². The van der Waals surface area contributed by atoms with Crippen molar-refractivity contribution in [2.45, 2.75) is 0 Å². The number of rotatable bonds is 0. The van der Waals surface area contributed by atoms with E-state index in [1.807, 2.05) is 0 Å². The number of hydrogen-bond donors (Lipinski definition) is 3. The van der Waals surface area contributed by atoms with Gasteiger partial charge in [-0.3, -0.25) is 0 Å². The van der Waals surface area contributed by atoms with Gasteiger partial charge >= 0.3 is 45.0 Å². The van der Waals surface area contributed by atoms with Crippen LogP contribution in [0.4, 0.5) is 0 Å². The van der Waals surface area contributed by atoms with Crippen LogP contribution in [0.5, 0.6) is 0 Å². The van der Waals surface area contributed by atoms with Crippen molar-refractivity contribution in [1.82, 2.24) is 0 Å². The number of hydrogen-bond acceptors (Lipinski definition) is 3. The van der Waals surface area contributed by atoms with E-state index < -0.39 is 7.32 Å². The molecular formula is H5BLi2O3. The van der Waals surface area contributed by atoms with E-state index in [1.54, 1.807) is 0 Å². The molecule has 0 radical (unpaired) electrons. The summed E-state index contributed by atoms with van der Waals surface area (Å²) in [6, 6.07) is 0. The van der Waals surface area contributed by atoms with Gasteiger partial charge in [0.15, 0.2) is 0 Å². The first-order chi connectivity index (χ1) is 1.73. The third-order valence-corrected chi connectivity index (χ3v) is 0. The minimum absolute atomic E-state index is 0. The maximum atomic E-state index is 7.17. The van der Waals surface area contributed by atoms with Crippen LogP contribution in [0.1, 0.15) is 0 Å². The summed E-state index contributed by atoms with van der Waals surface area (Å²) in [6.07, 6.45) is 0. The molecule has 6 heavy (non-hydrogen) atoms. The van der Waals surface area contributed by atoms with Crippen LogP contribution in [-0.4, -0.2) is 60.1 Å². The Balaban J connectivity index is -0.0000000450. The van der Waals surface area contributed by atoms with E-state index in [0.29, 0.717) is 0 Å². The summed E-state index contributed by atoms with van der Waals surface area (Å²) in [5.41, 5.74) is 0. The standard InChI is InChI=1S/BH3O3.2Li.2H/c2-1(3)4;;;;/h2-4H;;;;. The Bertz CT molecular complexity index is 13.5. The van der Waals surface area contributed by atoms with E-state index in [2.05, 4.69) is 0 Å². The Kier molecular flexibility index (Phi) is 24.8. The first kappa shape index (κ1) is 15.7. The quantitative estimate of drug-likeness (QED) is 0.265. The van der Waals surface area contributed by atoms with E-state index in [-0.39, 0.29) is 37.7 Å². The zero-order valence-electron chi connectivity index (χ0n) is 1.92. The summed E-state index contributed by atoms with van der Waals surface area (Å²) in [5.74, 6) is 0. The average molecular weight is 77.7 g/mol. The molecule has 0 bridgehead atoms. The van der Waals surface area contributed by atoms with Gasteiger partial charge in [0.1, 0.15) is 0 Å². The van der Waals surface area contributed by atoms with Crippen molar-refractivity contribution >= 4 is 45.0 Å². The molecule has 0 aromatic heterocycles. The van der Waals surface area contributed by atoms with Gasteiger partial charge in [0.25, 0.3) is 0 Å². The van der Waals surface area contributed by atoms with Crippen molar-refractivity contribution in [3.8, 4) is 0 Å². The van der Waals surface area contributed by atoms with Gasteiger partial charge in [-0.15, -0.1) is 0 Å². The molecule has 0 rings (SSSR count). The van der Waals surface area contributed by atoms with Gasteiger partial charge in [0.05, 0.1) is 0 Å². The summed E-state index contributed by atoms with van der Waals surface area (Å²) in [5, 5.41) is 21.5. The molecule has 0 aliphatic carbocycles. The molecule has 0 aromatic rings. The van der Waals surface area contributed by atoms with Gasteiger partial charge in [-0.05, 0) is 0 Å². The van der Waals surface area contributed by atoms with Crippen LogP contribution in [0, 0.1) is 0 Å². The van der Waals surface area contributed by atoms with Crippen molar-refractivity contribution < 1.29 is 15.1 Å². The summed E-state index contributed by atoms with van der Waals surface area (Å²) < 4.78 is 0. The van der Waals surface area contributed by atoms with Crippen LogP contribution >= 0.6 is 0 Å². The molecule has 0 spiro atoms. The Hall–Kier alpha value is 1.14. The molecule has 0 atom stereocenters. The van der Waals surface area contributed by atoms with Crippen LogP contribution in [0.15, 0.2) is 0 Å². The summed E-state index contributed by atoms with van der Waals surface area (Å²) in [4.78, 5) is 0. The molecular weight excluding hydrogens is 72.7 g/mol. The van der Waals surface area contributed by atoms with Crippen molar-refractivity contribution in [3.63, 3.8) is 0 Å². The van der Waals surface area contributed by atoms with Crippen LogP contribution in [0.3, 0.4) is 0 Å². The molecule has 0 aliphatic rings. The molecule has 0 amide bonds. The molecule has 3 N–H and O–H groups in total. The van der Waals surface area contributed by atoms with E-state index in [4.69, 9.17) is 15.1 Å². The Labute approximate surface area is 60.3 Å². The van der Waals surface area contributed by atoms with Crippen LogP contribution in [-0.2, 0) is 0 Å². The summed E-state index contributed by atoms with van der Waals surface area (Å²) in [7, 11) is -2.17. The molecule has 28 valence electrons. The Morgan fingerprint density at radius 1 is 0.833 bits per heavy atom. The molecule has 0 unspecified atom stereocenters. The molecule has 0 saturated carbocycles. The van der Waals surface area contributed by atoms with Crippen molar-refractivity contribution in [3.05, 3.63) is 0 Å². The predicted molar refractivity (Wildman–Crippen MR) is 26.7 cm³/mol. The first-order valence-electron chi connectivity index (χ1n) is 0.775. The van der Waals surface area contributed by atoms with E-state index in [1.165, 1.54) is 0 Å². The fraction of sp³-hybridized carbons (Fsp3) is 0. The predicted octanol–water partition coefficient (Wildman–Crippen LogP) is -3.35. The molecule has 0 aromatic carbocycles. The molecule has 0 saturated heterocycles. The molecule has 0 aliphatic heterocycles. The van der Waals surface area contributed by atoms with E-state index in [9.17, 15) is 0 Å². The van der Waals surface area contributed by atoms with Gasteiger partial charge in [0.2, 0.25) is 0 Å². The monoisotopic (exact) mass is 78.1 g/mol. The normalized spacial score (nSPS) is 4.50. The zero-order chi connectivity index (χ0) is 3.58. The van der Waals surface area contributed by atoms with Crippen molar-refractivity contribution in [1.29, 1.82) is 0 Å². The van der Waals surface area contributed by atoms with Gasteiger partial charge in [0, 0.05) is 0 Å². The fourth-order valence-corrected chi connectivity index (χ4v) is 0. The van der Waals surface area contributed by atoms with Gasteiger partial charge in [-0.2, -0.15) is 0 Å². The summed E-state index contributed by atoms with van der Waals surface area (Å²) >= 11 is 0. The van der Waals surface area contributed by atoms with Crippen LogP contribution in [0.2, 0.25) is 0 Å². The second kappa shape index (κ2) is 9.46. The van der Waals surface area contributed by atoms with Crippen LogP contribution in [0.25, 0.3) is 0 Å². The third-order valence-electron chi connectivity index (χ3n) is 0. The Morgan fingerprint density at radius 3 is 0.833 bits per heavy atom. The van der Waals surface area contributed by atoms with Crippen LogP contribution < -0.4 is 0 Å². The molecule has 3 nitrogen and oxygen atoms in total. The van der Waals surface area contributed by atoms with E-state index in [0.717, 1.165) is 0 Å². The second-order valence-electron chi connectivity index (χ2n) is 0.346. The second-order valence-corrected chi connectivity index (χ2v) is 0.346. The topological polar surface area (TPSA) is 60.7 Å². The average Bonchev–Trinajstić information content (AvgIpc) is 0.811. The Morgan fingerprint density at radius 2 is 0.833 bits per heavy atom. The van der Waals surface area contributed by atoms with Gasteiger partial charge in [-0.25, -0.2) is 0 Å². The van der Waals surface area contributed by atoms with Crippen molar-refractivity contribution in [2.75, 3.05) is 0 Å². The zero-order valence-corrected chi connectivity index (χ0v) is 1.92. The molecule has 6 heteroatoms. The first-order valence-corrected chi connectivity index (χ1v) is 0.775. The van der Waals surface area contributed by atoms with Crippen molar-refractivity contribution in [2.24, 2.45) is 0 Å². The molecule has 0 heterocycles. The van der Waals surface area contributed by atoms with Gasteiger partial charge < -0.3 is 15.1 Å².